The van der Waals surface area contributed by atoms with Crippen molar-refractivity contribution < 1.29 is 4.79 Å². The van der Waals surface area contributed by atoms with Crippen LogP contribution in [-0.4, -0.2) is 50.1 Å². The zero-order valence-electron chi connectivity index (χ0n) is 9.95. The monoisotopic (exact) mass is 253 g/mol. The van der Waals surface area contributed by atoms with Gasteiger partial charge in [-0.15, -0.1) is 0 Å². The number of amides is 1. The molecule has 1 fully saturated rings. The van der Waals surface area contributed by atoms with Crippen LogP contribution < -0.4 is 10.6 Å². The standard InChI is InChI=1S/C12H19N3OS/c16-12(11-2-9-17-10-11)14-3-1-6-15-7-4-13-5-8-15/h2,9-10,13H,1,3-8H2,(H,14,16). The van der Waals surface area contributed by atoms with Crippen molar-refractivity contribution in [1.82, 2.24) is 15.5 Å². The maximum Gasteiger partial charge on any atom is 0.252 e. The third-order valence-electron chi connectivity index (χ3n) is 2.93. The number of piperazine rings is 1. The molecule has 2 heterocycles. The number of carbonyl (C=O) groups excluding carboxylic acids is 1. The van der Waals surface area contributed by atoms with Crippen LogP contribution in [0, 0.1) is 0 Å². The predicted octanol–water partition coefficient (Wildman–Crippen LogP) is 0.773. The van der Waals surface area contributed by atoms with Crippen LogP contribution in [-0.2, 0) is 0 Å². The minimum atomic E-state index is 0.0477. The summed E-state index contributed by atoms with van der Waals surface area (Å²) in [5, 5.41) is 10.1. The minimum Gasteiger partial charge on any atom is -0.352 e. The lowest BCUT2D eigenvalue weighted by atomic mass is 10.3. The van der Waals surface area contributed by atoms with Gasteiger partial charge in [-0.3, -0.25) is 4.79 Å². The predicted molar refractivity (Wildman–Crippen MR) is 70.6 cm³/mol. The molecule has 1 aliphatic rings. The molecule has 0 atom stereocenters. The Morgan fingerprint density at radius 2 is 2.29 bits per heavy atom. The van der Waals surface area contributed by atoms with E-state index in [4.69, 9.17) is 0 Å². The summed E-state index contributed by atoms with van der Waals surface area (Å²) in [6.45, 7) is 6.25. The van der Waals surface area contributed by atoms with Gasteiger partial charge in [0.05, 0.1) is 0 Å². The molecular weight excluding hydrogens is 234 g/mol. The van der Waals surface area contributed by atoms with Gasteiger partial charge >= 0.3 is 0 Å². The van der Waals surface area contributed by atoms with E-state index < -0.39 is 0 Å². The van der Waals surface area contributed by atoms with Gasteiger partial charge in [0, 0.05) is 43.7 Å². The summed E-state index contributed by atoms with van der Waals surface area (Å²) in [7, 11) is 0. The molecule has 0 radical (unpaired) electrons. The molecule has 1 aliphatic heterocycles. The Hall–Kier alpha value is -0.910. The molecule has 0 aliphatic carbocycles. The minimum absolute atomic E-state index is 0.0477. The van der Waals surface area contributed by atoms with E-state index in [0.717, 1.165) is 51.3 Å². The molecule has 1 saturated heterocycles. The highest BCUT2D eigenvalue weighted by atomic mass is 32.1. The van der Waals surface area contributed by atoms with E-state index in [9.17, 15) is 4.79 Å². The van der Waals surface area contributed by atoms with Gasteiger partial charge in [-0.05, 0) is 24.4 Å². The highest BCUT2D eigenvalue weighted by Gasteiger charge is 2.09. The van der Waals surface area contributed by atoms with Crippen LogP contribution in [0.3, 0.4) is 0 Å². The van der Waals surface area contributed by atoms with Crippen LogP contribution in [0.4, 0.5) is 0 Å². The van der Waals surface area contributed by atoms with E-state index in [0.29, 0.717) is 0 Å². The molecule has 0 spiro atoms. The summed E-state index contributed by atoms with van der Waals surface area (Å²) in [6, 6.07) is 1.86. The highest BCUT2D eigenvalue weighted by molar-refractivity contribution is 7.08. The van der Waals surface area contributed by atoms with Crippen molar-refractivity contribution in [1.29, 1.82) is 0 Å². The first-order chi connectivity index (χ1) is 8.36. The van der Waals surface area contributed by atoms with Crippen LogP contribution >= 0.6 is 11.3 Å². The third-order valence-corrected chi connectivity index (χ3v) is 3.61. The second-order valence-electron chi connectivity index (χ2n) is 4.21. The Balaban J connectivity index is 1.58. The van der Waals surface area contributed by atoms with Gasteiger partial charge in [-0.2, -0.15) is 11.3 Å². The van der Waals surface area contributed by atoms with Gasteiger partial charge in [0.15, 0.2) is 0 Å². The molecule has 0 bridgehead atoms. The molecule has 2 N–H and O–H groups in total. The van der Waals surface area contributed by atoms with Gasteiger partial charge in [-0.1, -0.05) is 0 Å². The molecule has 1 amide bonds. The van der Waals surface area contributed by atoms with Crippen molar-refractivity contribution in [3.05, 3.63) is 22.4 Å². The first-order valence-corrected chi connectivity index (χ1v) is 7.04. The van der Waals surface area contributed by atoms with Crippen molar-refractivity contribution in [2.45, 2.75) is 6.42 Å². The number of carbonyl (C=O) groups is 1. The first-order valence-electron chi connectivity index (χ1n) is 6.10. The summed E-state index contributed by atoms with van der Waals surface area (Å²) in [4.78, 5) is 14.1. The van der Waals surface area contributed by atoms with Crippen molar-refractivity contribution in [2.24, 2.45) is 0 Å². The average Bonchev–Trinajstić information content (AvgIpc) is 2.89. The number of nitrogens with one attached hydrogen (secondary N) is 2. The summed E-state index contributed by atoms with van der Waals surface area (Å²) < 4.78 is 0. The van der Waals surface area contributed by atoms with Crippen molar-refractivity contribution >= 4 is 17.2 Å². The van der Waals surface area contributed by atoms with Crippen molar-refractivity contribution in [2.75, 3.05) is 39.3 Å². The largest absolute Gasteiger partial charge is 0.352 e. The van der Waals surface area contributed by atoms with Gasteiger partial charge in [0.2, 0.25) is 0 Å². The maximum atomic E-state index is 11.6. The second kappa shape index (κ2) is 6.74. The zero-order valence-corrected chi connectivity index (χ0v) is 10.8. The summed E-state index contributed by atoms with van der Waals surface area (Å²) in [5.41, 5.74) is 0.775. The zero-order chi connectivity index (χ0) is 11.9. The Morgan fingerprint density at radius 1 is 1.47 bits per heavy atom. The van der Waals surface area contributed by atoms with Gasteiger partial charge in [0.25, 0.3) is 5.91 Å². The fraction of sp³-hybridized carbons (Fsp3) is 0.583. The van der Waals surface area contributed by atoms with E-state index >= 15 is 0 Å². The molecule has 1 aromatic heterocycles. The van der Waals surface area contributed by atoms with Gasteiger partial charge in [-0.25, -0.2) is 0 Å². The fourth-order valence-corrected chi connectivity index (χ4v) is 2.57. The van der Waals surface area contributed by atoms with E-state index in [1.165, 1.54) is 0 Å². The van der Waals surface area contributed by atoms with Crippen LogP contribution in [0.1, 0.15) is 16.8 Å². The Morgan fingerprint density at radius 3 is 3.00 bits per heavy atom. The molecule has 94 valence electrons. The van der Waals surface area contributed by atoms with Crippen LogP contribution in [0.2, 0.25) is 0 Å². The molecule has 0 saturated carbocycles. The average molecular weight is 253 g/mol. The maximum absolute atomic E-state index is 11.6. The van der Waals surface area contributed by atoms with Crippen molar-refractivity contribution in [3.63, 3.8) is 0 Å². The number of hydrogen-bond acceptors (Lipinski definition) is 4. The van der Waals surface area contributed by atoms with E-state index in [2.05, 4.69) is 15.5 Å². The van der Waals surface area contributed by atoms with Gasteiger partial charge in [0.1, 0.15) is 0 Å². The second-order valence-corrected chi connectivity index (χ2v) is 4.99. The topological polar surface area (TPSA) is 44.4 Å². The summed E-state index contributed by atoms with van der Waals surface area (Å²) in [6.07, 6.45) is 1.02. The Kier molecular flexibility index (Phi) is 4.97. The molecule has 0 unspecified atom stereocenters. The van der Waals surface area contributed by atoms with E-state index in [-0.39, 0.29) is 5.91 Å². The lowest BCUT2D eigenvalue weighted by molar-refractivity contribution is 0.0951. The SMILES string of the molecule is O=C(NCCCN1CCNCC1)c1ccsc1. The molecule has 5 heteroatoms. The number of nitrogens with zero attached hydrogens (tertiary/aromatic N) is 1. The van der Waals surface area contributed by atoms with Gasteiger partial charge < -0.3 is 15.5 Å². The number of thiophene rings is 1. The lowest BCUT2D eigenvalue weighted by Crippen LogP contribution is -2.44. The Labute approximate surface area is 106 Å². The molecule has 4 nitrogen and oxygen atoms in total. The highest BCUT2D eigenvalue weighted by Crippen LogP contribution is 2.05. The van der Waals surface area contributed by atoms with Crippen molar-refractivity contribution in [3.8, 4) is 0 Å². The smallest absolute Gasteiger partial charge is 0.252 e. The van der Waals surface area contributed by atoms with Crippen LogP contribution in [0.5, 0.6) is 0 Å². The molecule has 0 aromatic carbocycles. The quantitative estimate of drug-likeness (QED) is 0.762. The summed E-state index contributed by atoms with van der Waals surface area (Å²) >= 11 is 1.55. The third kappa shape index (κ3) is 4.11. The molecule has 17 heavy (non-hydrogen) atoms. The molecule has 2 rings (SSSR count). The van der Waals surface area contributed by atoms with E-state index in [1.807, 2.05) is 16.8 Å². The molecule has 1 aromatic rings. The summed E-state index contributed by atoms with van der Waals surface area (Å²) in [5.74, 6) is 0.0477. The van der Waals surface area contributed by atoms with Crippen LogP contribution in [0.15, 0.2) is 16.8 Å². The number of hydrogen-bond donors (Lipinski definition) is 2. The number of rotatable bonds is 5. The lowest BCUT2D eigenvalue weighted by Gasteiger charge is -2.27. The van der Waals surface area contributed by atoms with Crippen LogP contribution in [0.25, 0.3) is 0 Å². The molecular formula is C12H19N3OS. The first kappa shape index (κ1) is 12.5. The normalized spacial score (nSPS) is 16.9. The Bertz CT molecular complexity index is 334. The fourth-order valence-electron chi connectivity index (χ4n) is 1.94. The van der Waals surface area contributed by atoms with E-state index in [1.54, 1.807) is 11.3 Å².